The van der Waals surface area contributed by atoms with E-state index in [1.165, 1.54) is 44.1 Å². The number of ether oxygens (including phenoxy) is 1. The highest BCUT2D eigenvalue weighted by Gasteiger charge is 2.24. The minimum absolute atomic E-state index is 0.790. The Kier molecular flexibility index (Phi) is 3.58. The van der Waals surface area contributed by atoms with Crippen LogP contribution in [0.5, 0.6) is 5.75 Å². The first-order valence-electron chi connectivity index (χ1n) is 7.63. The molecule has 1 nitrogen and oxygen atoms in total. The van der Waals surface area contributed by atoms with Crippen LogP contribution in [0.4, 0.5) is 0 Å². The fraction of sp³-hybridized carbons (Fsp3) is 0.647. The molecule has 18 heavy (non-hydrogen) atoms. The van der Waals surface area contributed by atoms with Crippen molar-refractivity contribution >= 4 is 0 Å². The lowest BCUT2D eigenvalue weighted by Crippen LogP contribution is -2.01. The summed E-state index contributed by atoms with van der Waals surface area (Å²) in [6, 6.07) is 6.67. The highest BCUT2D eigenvalue weighted by atomic mass is 16.5. The maximum Gasteiger partial charge on any atom is 0.122 e. The summed E-state index contributed by atoms with van der Waals surface area (Å²) in [6.07, 6.45) is 9.53. The van der Waals surface area contributed by atoms with Crippen molar-refractivity contribution in [3.8, 4) is 5.75 Å². The van der Waals surface area contributed by atoms with Crippen molar-refractivity contribution in [3.05, 3.63) is 29.3 Å². The Morgan fingerprint density at radius 1 is 1.17 bits per heavy atom. The summed E-state index contributed by atoms with van der Waals surface area (Å²) in [7, 11) is 0. The maximum absolute atomic E-state index is 5.70. The zero-order valence-electron chi connectivity index (χ0n) is 11.5. The van der Waals surface area contributed by atoms with Crippen LogP contribution in [-0.2, 0) is 6.42 Å². The molecule has 1 heteroatoms. The molecule has 0 amide bonds. The average molecular weight is 244 g/mol. The van der Waals surface area contributed by atoms with Crippen LogP contribution in [0.2, 0.25) is 0 Å². The van der Waals surface area contributed by atoms with Gasteiger partial charge in [0.05, 0.1) is 6.61 Å². The minimum Gasteiger partial charge on any atom is -0.493 e. The van der Waals surface area contributed by atoms with Crippen LogP contribution in [-0.4, -0.2) is 6.61 Å². The number of benzene rings is 1. The number of hydrogen-bond acceptors (Lipinski definition) is 1. The number of rotatable bonds is 2. The highest BCUT2D eigenvalue weighted by molar-refractivity contribution is 5.44. The minimum atomic E-state index is 0.790. The first-order valence-corrected chi connectivity index (χ1v) is 7.63. The summed E-state index contributed by atoms with van der Waals surface area (Å²) in [6.45, 7) is 3.23. The van der Waals surface area contributed by atoms with Gasteiger partial charge in [0.15, 0.2) is 0 Å². The second kappa shape index (κ2) is 5.34. The van der Waals surface area contributed by atoms with Crippen LogP contribution >= 0.6 is 0 Å². The van der Waals surface area contributed by atoms with Gasteiger partial charge in [-0.15, -0.1) is 0 Å². The van der Waals surface area contributed by atoms with E-state index in [1.807, 2.05) is 0 Å². The number of hydrogen-bond donors (Lipinski definition) is 0. The molecule has 0 aromatic heterocycles. The van der Waals surface area contributed by atoms with Gasteiger partial charge in [-0.3, -0.25) is 0 Å². The normalized spacial score (nSPS) is 27.4. The molecule has 1 aliphatic carbocycles. The predicted octanol–water partition coefficient (Wildman–Crippen LogP) is 4.70. The molecular weight excluding hydrogens is 220 g/mol. The molecule has 1 aromatic carbocycles. The van der Waals surface area contributed by atoms with E-state index in [0.29, 0.717) is 0 Å². The predicted molar refractivity (Wildman–Crippen MR) is 75.2 cm³/mol. The third-order valence-electron chi connectivity index (χ3n) is 4.88. The molecule has 3 rings (SSSR count). The molecule has 1 fully saturated rings. The quantitative estimate of drug-likeness (QED) is 0.685. The van der Waals surface area contributed by atoms with Crippen molar-refractivity contribution in [2.45, 2.75) is 57.8 Å². The van der Waals surface area contributed by atoms with E-state index in [1.54, 1.807) is 5.56 Å². The molecule has 1 aromatic rings. The summed E-state index contributed by atoms with van der Waals surface area (Å²) < 4.78 is 5.70. The molecule has 0 spiro atoms. The van der Waals surface area contributed by atoms with E-state index in [0.717, 1.165) is 30.6 Å². The van der Waals surface area contributed by atoms with Gasteiger partial charge in [-0.25, -0.2) is 0 Å². The van der Waals surface area contributed by atoms with Gasteiger partial charge in [0, 0.05) is 12.0 Å². The summed E-state index contributed by atoms with van der Waals surface area (Å²) in [5.74, 6) is 2.92. The molecule has 98 valence electrons. The van der Waals surface area contributed by atoms with Crippen molar-refractivity contribution in [1.82, 2.24) is 0 Å². The SMILES string of the molecule is CCC1CCCC(c2cccc3c2CCO3)CC1. The van der Waals surface area contributed by atoms with E-state index in [-0.39, 0.29) is 0 Å². The summed E-state index contributed by atoms with van der Waals surface area (Å²) in [5, 5.41) is 0. The lowest BCUT2D eigenvalue weighted by molar-refractivity contribution is 0.357. The Hall–Kier alpha value is -0.980. The van der Waals surface area contributed by atoms with Gasteiger partial charge in [-0.1, -0.05) is 38.3 Å². The van der Waals surface area contributed by atoms with Crippen LogP contribution in [0.25, 0.3) is 0 Å². The van der Waals surface area contributed by atoms with Crippen molar-refractivity contribution in [2.75, 3.05) is 6.61 Å². The Balaban J connectivity index is 1.80. The molecule has 0 radical (unpaired) electrons. The van der Waals surface area contributed by atoms with Gasteiger partial charge in [0.2, 0.25) is 0 Å². The van der Waals surface area contributed by atoms with Crippen LogP contribution < -0.4 is 4.74 Å². The summed E-state index contributed by atoms with van der Waals surface area (Å²) in [4.78, 5) is 0. The first kappa shape index (κ1) is 12.1. The zero-order valence-corrected chi connectivity index (χ0v) is 11.5. The molecule has 2 aliphatic rings. The lowest BCUT2D eigenvalue weighted by Gasteiger charge is -2.18. The second-order valence-electron chi connectivity index (χ2n) is 5.90. The number of fused-ring (bicyclic) bond motifs is 1. The molecule has 0 bridgehead atoms. The van der Waals surface area contributed by atoms with Gasteiger partial charge < -0.3 is 4.74 Å². The van der Waals surface area contributed by atoms with Crippen molar-refractivity contribution in [2.24, 2.45) is 5.92 Å². The monoisotopic (exact) mass is 244 g/mol. The third-order valence-corrected chi connectivity index (χ3v) is 4.88. The van der Waals surface area contributed by atoms with E-state index >= 15 is 0 Å². The molecule has 0 saturated heterocycles. The molecule has 2 unspecified atom stereocenters. The van der Waals surface area contributed by atoms with E-state index in [2.05, 4.69) is 25.1 Å². The van der Waals surface area contributed by atoms with Crippen molar-refractivity contribution < 1.29 is 4.74 Å². The second-order valence-corrected chi connectivity index (χ2v) is 5.90. The van der Waals surface area contributed by atoms with E-state index in [9.17, 15) is 0 Å². The van der Waals surface area contributed by atoms with Gasteiger partial charge in [-0.2, -0.15) is 0 Å². The zero-order chi connectivity index (χ0) is 12.4. The van der Waals surface area contributed by atoms with Gasteiger partial charge in [0.25, 0.3) is 0 Å². The van der Waals surface area contributed by atoms with Crippen molar-refractivity contribution in [1.29, 1.82) is 0 Å². The van der Waals surface area contributed by atoms with Crippen LogP contribution in [0, 0.1) is 5.92 Å². The first-order chi connectivity index (χ1) is 8.88. The average Bonchev–Trinajstić information content (AvgIpc) is 2.76. The largest absolute Gasteiger partial charge is 0.493 e. The summed E-state index contributed by atoms with van der Waals surface area (Å²) >= 11 is 0. The van der Waals surface area contributed by atoms with Crippen molar-refractivity contribution in [3.63, 3.8) is 0 Å². The summed E-state index contributed by atoms with van der Waals surface area (Å²) in [5.41, 5.74) is 3.11. The smallest absolute Gasteiger partial charge is 0.122 e. The van der Waals surface area contributed by atoms with Crippen LogP contribution in [0.1, 0.15) is 62.5 Å². The Bertz CT molecular complexity index is 410. The maximum atomic E-state index is 5.70. The Morgan fingerprint density at radius 2 is 2.11 bits per heavy atom. The third kappa shape index (κ3) is 2.28. The van der Waals surface area contributed by atoms with E-state index < -0.39 is 0 Å². The molecule has 2 atom stereocenters. The van der Waals surface area contributed by atoms with Gasteiger partial charge in [-0.05, 0) is 42.7 Å². The van der Waals surface area contributed by atoms with Crippen LogP contribution in [0.15, 0.2) is 18.2 Å². The van der Waals surface area contributed by atoms with Gasteiger partial charge >= 0.3 is 0 Å². The van der Waals surface area contributed by atoms with E-state index in [4.69, 9.17) is 4.74 Å². The lowest BCUT2D eigenvalue weighted by atomic mass is 9.87. The fourth-order valence-corrected chi connectivity index (χ4v) is 3.73. The van der Waals surface area contributed by atoms with Crippen LogP contribution in [0.3, 0.4) is 0 Å². The molecule has 1 aliphatic heterocycles. The molecular formula is C17H24O. The molecule has 1 saturated carbocycles. The highest BCUT2D eigenvalue weighted by Crippen LogP contribution is 2.40. The van der Waals surface area contributed by atoms with Gasteiger partial charge in [0.1, 0.15) is 5.75 Å². The topological polar surface area (TPSA) is 9.23 Å². The Labute approximate surface area is 111 Å². The fourth-order valence-electron chi connectivity index (χ4n) is 3.73. The molecule has 1 heterocycles. The standard InChI is InChI=1S/C17H24O/c1-2-13-5-3-6-14(10-9-13)15-7-4-8-17-16(15)11-12-18-17/h4,7-8,13-14H,2-3,5-6,9-12H2,1H3. The molecule has 0 N–H and O–H groups in total. The Morgan fingerprint density at radius 3 is 3.00 bits per heavy atom.